The zero-order chi connectivity index (χ0) is 20.1. The van der Waals surface area contributed by atoms with Crippen LogP contribution in [0.15, 0.2) is 23.0 Å². The highest BCUT2D eigenvalue weighted by Crippen LogP contribution is 2.19. The molecule has 0 saturated heterocycles. The quantitative estimate of drug-likeness (QED) is 0.315. The largest absolute Gasteiger partial charge is 0.364 e. The minimum atomic E-state index is -0.945. The van der Waals surface area contributed by atoms with Crippen LogP contribution in [0.5, 0.6) is 0 Å². The predicted octanol–water partition coefficient (Wildman–Crippen LogP) is -1.24. The van der Waals surface area contributed by atoms with Crippen LogP contribution in [0.2, 0.25) is 0 Å². The van der Waals surface area contributed by atoms with Gasteiger partial charge in [0.25, 0.3) is 11.8 Å². The molecule has 0 aliphatic carbocycles. The van der Waals surface area contributed by atoms with Crippen LogP contribution >= 0.6 is 0 Å². The second-order valence-corrected chi connectivity index (χ2v) is 4.75. The molecule has 0 aliphatic rings. The van der Waals surface area contributed by atoms with Gasteiger partial charge in [-0.05, 0) is 0 Å². The fourth-order valence-electron chi connectivity index (χ4n) is 1.91. The van der Waals surface area contributed by atoms with E-state index < -0.39 is 23.9 Å². The molecule has 0 radical (unpaired) electrons. The van der Waals surface area contributed by atoms with Crippen LogP contribution in [0.25, 0.3) is 0 Å². The lowest BCUT2D eigenvalue weighted by Crippen LogP contribution is -2.25. The first-order chi connectivity index (χ1) is 12.8. The van der Waals surface area contributed by atoms with E-state index in [9.17, 15) is 19.2 Å². The Labute approximate surface area is 150 Å². The van der Waals surface area contributed by atoms with E-state index in [4.69, 9.17) is 11.5 Å². The number of rotatable bonds is 5. The number of aromatic nitrogens is 4. The van der Waals surface area contributed by atoms with Crippen molar-refractivity contribution < 1.29 is 19.2 Å². The number of imidazole rings is 2. The van der Waals surface area contributed by atoms with Crippen molar-refractivity contribution in [3.63, 3.8) is 0 Å². The number of nitrogens with zero attached hydrogens (tertiary/aromatic N) is 6. The molecule has 15 nitrogen and oxygen atoms in total. The van der Waals surface area contributed by atoms with Crippen molar-refractivity contribution in [2.45, 2.75) is 0 Å². The van der Waals surface area contributed by atoms with Gasteiger partial charge in [-0.25, -0.2) is 34.1 Å². The molecule has 2 rings (SSSR count). The minimum absolute atomic E-state index is 0.183. The number of anilines is 1. The lowest BCUT2D eigenvalue weighted by Gasteiger charge is -2.06. The molecule has 2 aromatic heterocycles. The van der Waals surface area contributed by atoms with Crippen LogP contribution in [0.1, 0.15) is 21.0 Å². The van der Waals surface area contributed by atoms with E-state index in [2.05, 4.69) is 36.4 Å². The topological polar surface area (TPSA) is 217 Å². The molecular formula is C12H15N11O4. The van der Waals surface area contributed by atoms with Crippen molar-refractivity contribution in [1.29, 1.82) is 0 Å². The summed E-state index contributed by atoms with van der Waals surface area (Å²) in [6.07, 6.45) is 2.07. The van der Waals surface area contributed by atoms with Gasteiger partial charge in [-0.15, -0.1) is 5.11 Å². The van der Waals surface area contributed by atoms with Gasteiger partial charge in [0.05, 0.1) is 0 Å². The number of carbonyl (C=O) groups is 4. The summed E-state index contributed by atoms with van der Waals surface area (Å²) in [4.78, 5) is 53.9. The summed E-state index contributed by atoms with van der Waals surface area (Å²) in [7, 11) is 2.71. The molecule has 0 atom stereocenters. The Morgan fingerprint density at radius 2 is 1.44 bits per heavy atom. The van der Waals surface area contributed by atoms with Crippen molar-refractivity contribution >= 4 is 35.5 Å². The van der Waals surface area contributed by atoms with E-state index in [-0.39, 0.29) is 23.0 Å². The van der Waals surface area contributed by atoms with Crippen LogP contribution < -0.4 is 27.5 Å². The zero-order valence-corrected chi connectivity index (χ0v) is 14.1. The molecule has 142 valence electrons. The molecular weight excluding hydrogens is 362 g/mol. The smallest absolute Gasteiger partial charge is 0.328 e. The highest BCUT2D eigenvalue weighted by molar-refractivity contribution is 5.98. The van der Waals surface area contributed by atoms with Gasteiger partial charge in [-0.1, -0.05) is 5.22 Å². The van der Waals surface area contributed by atoms with Crippen molar-refractivity contribution in [1.82, 2.24) is 29.7 Å². The summed E-state index contributed by atoms with van der Waals surface area (Å²) in [5.41, 5.74) is 12.1. The molecule has 0 bridgehead atoms. The van der Waals surface area contributed by atoms with E-state index in [1.807, 2.05) is 0 Å². The number of amides is 4. The number of nitrogens with two attached hydrogens (primary N) is 2. The molecule has 7 N–H and O–H groups in total. The molecule has 0 aliphatic heterocycles. The van der Waals surface area contributed by atoms with Crippen molar-refractivity contribution in [3.8, 4) is 0 Å². The van der Waals surface area contributed by atoms with Crippen LogP contribution in [-0.4, -0.2) is 57.1 Å². The van der Waals surface area contributed by atoms with Gasteiger partial charge in [0, 0.05) is 14.1 Å². The molecule has 0 aromatic carbocycles. The lowest BCUT2D eigenvalue weighted by atomic mass is 10.4. The fourth-order valence-corrected chi connectivity index (χ4v) is 1.91. The number of hydrogen-bond acceptors (Lipinski definition) is 8. The first-order valence-electron chi connectivity index (χ1n) is 7.17. The van der Waals surface area contributed by atoms with Crippen LogP contribution in [0, 0.1) is 0 Å². The normalized spacial score (nSPS) is 10.6. The van der Waals surface area contributed by atoms with Gasteiger partial charge >= 0.3 is 12.1 Å². The second-order valence-electron chi connectivity index (χ2n) is 4.75. The first-order valence-corrected chi connectivity index (χ1v) is 7.17. The first kappa shape index (κ1) is 19.0. The van der Waals surface area contributed by atoms with Crippen molar-refractivity contribution in [2.75, 3.05) is 19.5 Å². The minimum Gasteiger partial charge on any atom is -0.364 e. The Hall–Kier alpha value is -4.30. The standard InChI is InChI=1S/C12H15N11O4/c1-15-11(26)22-3-17-5(7(13)24)9(22)19-21-20-10-6(8(14)25)18-4-23(10)12(27)16-2/h3-4H,1-2H3,(H2,13,24)(H2,14,25)(H,15,26)(H,16,27)(H,19,20). The van der Waals surface area contributed by atoms with Gasteiger partial charge in [0.1, 0.15) is 12.7 Å². The average Bonchev–Trinajstić information content (AvgIpc) is 3.25. The molecule has 0 spiro atoms. The zero-order valence-electron chi connectivity index (χ0n) is 14.1. The molecule has 27 heavy (non-hydrogen) atoms. The Kier molecular flexibility index (Phi) is 5.44. The average molecular weight is 377 g/mol. The summed E-state index contributed by atoms with van der Waals surface area (Å²) in [6, 6.07) is -1.29. The van der Waals surface area contributed by atoms with Gasteiger partial charge in [0.15, 0.2) is 23.0 Å². The Morgan fingerprint density at radius 1 is 0.926 bits per heavy atom. The van der Waals surface area contributed by atoms with E-state index in [1.165, 1.54) is 14.1 Å². The molecule has 0 saturated carbocycles. The van der Waals surface area contributed by atoms with Gasteiger partial charge < -0.3 is 22.1 Å². The molecule has 0 fully saturated rings. The fraction of sp³-hybridized carbons (Fsp3) is 0.167. The maximum absolute atomic E-state index is 11.8. The molecule has 4 amide bonds. The SMILES string of the molecule is CNC(=O)n1cnc(C(N)=O)c1N=NNc1c(C(N)=O)ncn1C(=O)NC. The maximum Gasteiger partial charge on any atom is 0.328 e. The van der Waals surface area contributed by atoms with E-state index in [1.54, 1.807) is 0 Å². The summed E-state index contributed by atoms with van der Waals surface area (Å²) < 4.78 is 1.81. The van der Waals surface area contributed by atoms with Crippen molar-refractivity contribution in [3.05, 3.63) is 24.0 Å². The number of hydrogen-bond donors (Lipinski definition) is 5. The predicted molar refractivity (Wildman–Crippen MR) is 89.3 cm³/mol. The van der Waals surface area contributed by atoms with E-state index in [0.29, 0.717) is 0 Å². The van der Waals surface area contributed by atoms with Gasteiger partial charge in [-0.3, -0.25) is 9.59 Å². The van der Waals surface area contributed by atoms with E-state index >= 15 is 0 Å². The number of carbonyl (C=O) groups excluding carboxylic acids is 4. The number of nitrogens with one attached hydrogen (secondary N) is 3. The maximum atomic E-state index is 11.8. The molecule has 15 heteroatoms. The summed E-state index contributed by atoms with van der Waals surface area (Å²) in [5, 5.41) is 11.9. The highest BCUT2D eigenvalue weighted by atomic mass is 16.2. The molecule has 2 heterocycles. The third-order valence-corrected chi connectivity index (χ3v) is 3.14. The lowest BCUT2D eigenvalue weighted by molar-refractivity contribution is 0.0988. The third-order valence-electron chi connectivity index (χ3n) is 3.14. The summed E-state index contributed by atoms with van der Waals surface area (Å²) in [6.45, 7) is 0. The van der Waals surface area contributed by atoms with Crippen molar-refractivity contribution in [2.24, 2.45) is 21.8 Å². The highest BCUT2D eigenvalue weighted by Gasteiger charge is 2.21. The summed E-state index contributed by atoms with van der Waals surface area (Å²) in [5.74, 6) is -2.33. The Bertz CT molecular complexity index is 941. The van der Waals surface area contributed by atoms with Gasteiger partial charge in [-0.2, -0.15) is 0 Å². The second kappa shape index (κ2) is 7.72. The van der Waals surface area contributed by atoms with Crippen LogP contribution in [-0.2, 0) is 0 Å². The van der Waals surface area contributed by atoms with Crippen LogP contribution in [0.3, 0.4) is 0 Å². The molecule has 0 unspecified atom stereocenters. The van der Waals surface area contributed by atoms with Gasteiger partial charge in [0.2, 0.25) is 0 Å². The third kappa shape index (κ3) is 3.70. The Balaban J connectivity index is 2.41. The van der Waals surface area contributed by atoms with E-state index in [0.717, 1.165) is 21.8 Å². The Morgan fingerprint density at radius 3 is 2.00 bits per heavy atom. The summed E-state index contributed by atoms with van der Waals surface area (Å²) >= 11 is 0. The number of primary amides is 2. The van der Waals surface area contributed by atoms with Crippen LogP contribution in [0.4, 0.5) is 21.2 Å². The molecule has 2 aromatic rings. The monoisotopic (exact) mass is 377 g/mol.